The summed E-state index contributed by atoms with van der Waals surface area (Å²) in [7, 11) is 0. The van der Waals surface area contributed by atoms with Crippen molar-refractivity contribution < 1.29 is 28.6 Å². The minimum atomic E-state index is -0.868. The molecule has 0 heterocycles. The van der Waals surface area contributed by atoms with Crippen molar-refractivity contribution in [2.24, 2.45) is 0 Å². The predicted molar refractivity (Wildman–Crippen MR) is 315 cm³/mol. The minimum absolute atomic E-state index is 0.0758. The lowest BCUT2D eigenvalue weighted by Crippen LogP contribution is -2.30. The van der Waals surface area contributed by atoms with Crippen molar-refractivity contribution in [3.63, 3.8) is 0 Å². The monoisotopic (exact) mass is 1000 g/mol. The Balaban J connectivity index is 4.41. The summed E-state index contributed by atoms with van der Waals surface area (Å²) in [5, 5.41) is 0. The van der Waals surface area contributed by atoms with Gasteiger partial charge in [0.2, 0.25) is 0 Å². The molecule has 6 nitrogen and oxygen atoms in total. The second-order valence-electron chi connectivity index (χ2n) is 18.4. The van der Waals surface area contributed by atoms with Crippen molar-refractivity contribution in [1.29, 1.82) is 0 Å². The maximum atomic E-state index is 12.8. The molecule has 0 amide bonds. The van der Waals surface area contributed by atoms with Gasteiger partial charge in [-0.3, -0.25) is 14.4 Å². The number of hydrogen-bond acceptors (Lipinski definition) is 6. The van der Waals surface area contributed by atoms with E-state index in [-0.39, 0.29) is 38.0 Å². The van der Waals surface area contributed by atoms with Gasteiger partial charge in [0, 0.05) is 12.8 Å². The normalized spacial score (nSPS) is 13.3. The van der Waals surface area contributed by atoms with Crippen LogP contribution in [0.1, 0.15) is 226 Å². The minimum Gasteiger partial charge on any atom is -0.462 e. The number of unbranched alkanes of at least 4 members (excludes halogenated alkanes) is 14. The van der Waals surface area contributed by atoms with Crippen molar-refractivity contribution in [3.05, 3.63) is 158 Å². The van der Waals surface area contributed by atoms with Gasteiger partial charge < -0.3 is 14.2 Å². The third kappa shape index (κ3) is 57.8. The molecule has 0 bridgehead atoms. The predicted octanol–water partition coefficient (Wildman–Crippen LogP) is 19.8. The van der Waals surface area contributed by atoms with Gasteiger partial charge in [-0.15, -0.1) is 0 Å². The van der Waals surface area contributed by atoms with Crippen molar-refractivity contribution in [2.75, 3.05) is 13.2 Å². The highest BCUT2D eigenvalue weighted by Crippen LogP contribution is 2.15. The molecule has 0 aliphatic heterocycles. The molecule has 1 atom stereocenters. The molecule has 73 heavy (non-hydrogen) atoms. The molecule has 0 rings (SSSR count). The van der Waals surface area contributed by atoms with E-state index in [9.17, 15) is 14.4 Å². The standard InChI is InChI=1S/C67H104O6/c1-4-7-10-13-16-19-22-25-27-28-29-30-31-32-33-34-35-36-37-38-40-42-45-48-51-54-57-60-66(69)72-63-64(62-71-65(68)59-56-53-50-47-44-41-24-21-18-15-12-9-6-3)73-67(70)61-58-55-52-49-46-43-39-26-23-20-17-14-11-8-5-2/h7-12,16-21,25-27,29-30,39,41,44,46,49-50,53,55,58,64H,4-6,13-15,22-24,28,31-38,40,42-43,45,47-48,51-52,54,56-57,59-63H2,1-3H3/b10-7-,11-8-,12-9-,19-16-,20-17-,21-18-,27-25-,30-29-,39-26-,44-41-,49-46-,53-50-,58-55-. The van der Waals surface area contributed by atoms with E-state index in [4.69, 9.17) is 14.2 Å². The van der Waals surface area contributed by atoms with Crippen LogP contribution in [0.5, 0.6) is 0 Å². The van der Waals surface area contributed by atoms with Crippen LogP contribution in [0.15, 0.2) is 158 Å². The Morgan fingerprint density at radius 3 is 0.918 bits per heavy atom. The zero-order valence-corrected chi connectivity index (χ0v) is 46.6. The van der Waals surface area contributed by atoms with Gasteiger partial charge in [-0.25, -0.2) is 0 Å². The first kappa shape index (κ1) is 68.0. The zero-order chi connectivity index (χ0) is 52.9. The number of rotatable bonds is 50. The van der Waals surface area contributed by atoms with Crippen LogP contribution in [0.4, 0.5) is 0 Å². The molecular formula is C67H104O6. The van der Waals surface area contributed by atoms with Crippen LogP contribution in [-0.4, -0.2) is 37.2 Å². The third-order valence-corrected chi connectivity index (χ3v) is 11.6. The van der Waals surface area contributed by atoms with Gasteiger partial charge in [-0.05, 0) is 109 Å². The SMILES string of the molecule is CC/C=C\C/C=C\C/C=C\C/C=C\C/C=C\CC(=O)OC(COC(=O)CC/C=C\C/C=C\C/C=C\C/C=C\CC)COC(=O)CCCCCCCCCCCCCCCC/C=C\C/C=C\C/C=C\C/C=C\CC. The number of ether oxygens (including phenoxy) is 3. The van der Waals surface area contributed by atoms with Crippen LogP contribution in [0.25, 0.3) is 0 Å². The van der Waals surface area contributed by atoms with E-state index in [1.165, 1.54) is 77.0 Å². The third-order valence-electron chi connectivity index (χ3n) is 11.6. The maximum Gasteiger partial charge on any atom is 0.310 e. The Labute approximate surface area is 448 Å². The van der Waals surface area contributed by atoms with Crippen molar-refractivity contribution in [3.8, 4) is 0 Å². The molecule has 0 aromatic rings. The lowest BCUT2D eigenvalue weighted by molar-refractivity contribution is -0.166. The molecule has 0 saturated heterocycles. The summed E-state index contributed by atoms with van der Waals surface area (Å²) in [6.07, 6.45) is 87.2. The van der Waals surface area contributed by atoms with Crippen LogP contribution in [-0.2, 0) is 28.6 Å². The summed E-state index contributed by atoms with van der Waals surface area (Å²) in [6, 6.07) is 0. The molecule has 1 unspecified atom stereocenters. The van der Waals surface area contributed by atoms with Gasteiger partial charge in [0.25, 0.3) is 0 Å². The number of carbonyl (C=O) groups is 3. The van der Waals surface area contributed by atoms with Gasteiger partial charge in [-0.2, -0.15) is 0 Å². The summed E-state index contributed by atoms with van der Waals surface area (Å²) in [6.45, 7) is 6.13. The van der Waals surface area contributed by atoms with Crippen LogP contribution >= 0.6 is 0 Å². The summed E-state index contributed by atoms with van der Waals surface area (Å²) < 4.78 is 16.7. The van der Waals surface area contributed by atoms with E-state index in [1.54, 1.807) is 6.08 Å². The first-order valence-corrected chi connectivity index (χ1v) is 29.0. The fourth-order valence-electron chi connectivity index (χ4n) is 7.35. The highest BCUT2D eigenvalue weighted by atomic mass is 16.6. The van der Waals surface area contributed by atoms with Gasteiger partial charge in [-0.1, -0.05) is 256 Å². The van der Waals surface area contributed by atoms with E-state index in [1.807, 2.05) is 18.2 Å². The Kier molecular flexibility index (Phi) is 55.5. The fourth-order valence-corrected chi connectivity index (χ4v) is 7.35. The molecule has 0 aromatic carbocycles. The fraction of sp³-hybridized carbons (Fsp3) is 0.567. The average molecular weight is 1010 g/mol. The molecule has 0 aliphatic carbocycles. The van der Waals surface area contributed by atoms with E-state index in [2.05, 4.69) is 154 Å². The van der Waals surface area contributed by atoms with Crippen molar-refractivity contribution in [1.82, 2.24) is 0 Å². The topological polar surface area (TPSA) is 78.9 Å². The molecule has 0 aliphatic rings. The molecule has 0 fully saturated rings. The largest absolute Gasteiger partial charge is 0.462 e. The second-order valence-corrected chi connectivity index (χ2v) is 18.4. The molecule has 0 radical (unpaired) electrons. The summed E-state index contributed by atoms with van der Waals surface area (Å²) in [5.41, 5.74) is 0. The Morgan fingerprint density at radius 1 is 0.288 bits per heavy atom. The summed E-state index contributed by atoms with van der Waals surface area (Å²) in [5.74, 6) is -1.17. The Hall–Kier alpha value is -4.97. The van der Waals surface area contributed by atoms with Gasteiger partial charge in [0.05, 0.1) is 6.42 Å². The van der Waals surface area contributed by atoms with E-state index in [0.717, 1.165) is 96.3 Å². The molecule has 0 aromatic heterocycles. The number of esters is 3. The Morgan fingerprint density at radius 2 is 0.562 bits per heavy atom. The molecular weight excluding hydrogens is 901 g/mol. The lowest BCUT2D eigenvalue weighted by Gasteiger charge is -2.18. The number of carbonyl (C=O) groups excluding carboxylic acids is 3. The lowest BCUT2D eigenvalue weighted by atomic mass is 10.0. The molecule has 6 heteroatoms. The quantitative estimate of drug-likeness (QED) is 0.0261. The van der Waals surface area contributed by atoms with Crippen LogP contribution < -0.4 is 0 Å². The maximum absolute atomic E-state index is 12.8. The van der Waals surface area contributed by atoms with Gasteiger partial charge in [0.15, 0.2) is 6.10 Å². The van der Waals surface area contributed by atoms with E-state index >= 15 is 0 Å². The highest BCUT2D eigenvalue weighted by molar-refractivity contribution is 5.72. The Bertz CT molecular complexity index is 1670. The van der Waals surface area contributed by atoms with E-state index < -0.39 is 12.1 Å². The first-order valence-electron chi connectivity index (χ1n) is 29.0. The van der Waals surface area contributed by atoms with E-state index in [0.29, 0.717) is 19.3 Å². The molecule has 0 saturated carbocycles. The van der Waals surface area contributed by atoms with Crippen molar-refractivity contribution in [2.45, 2.75) is 232 Å². The zero-order valence-electron chi connectivity index (χ0n) is 46.6. The van der Waals surface area contributed by atoms with Gasteiger partial charge in [0.1, 0.15) is 13.2 Å². The van der Waals surface area contributed by atoms with Crippen LogP contribution in [0.2, 0.25) is 0 Å². The molecule has 408 valence electrons. The summed E-state index contributed by atoms with van der Waals surface area (Å²) in [4.78, 5) is 38.0. The molecule has 0 spiro atoms. The number of hydrogen-bond donors (Lipinski definition) is 0. The molecule has 0 N–H and O–H groups in total. The first-order chi connectivity index (χ1) is 36.0. The summed E-state index contributed by atoms with van der Waals surface area (Å²) >= 11 is 0. The number of allylic oxidation sites excluding steroid dienone is 25. The van der Waals surface area contributed by atoms with Gasteiger partial charge >= 0.3 is 17.9 Å². The van der Waals surface area contributed by atoms with Crippen molar-refractivity contribution >= 4 is 17.9 Å². The van der Waals surface area contributed by atoms with Crippen LogP contribution in [0, 0.1) is 0 Å². The van der Waals surface area contributed by atoms with Crippen LogP contribution in [0.3, 0.4) is 0 Å². The second kappa shape index (κ2) is 59.6. The smallest absolute Gasteiger partial charge is 0.310 e. The highest BCUT2D eigenvalue weighted by Gasteiger charge is 2.19. The average Bonchev–Trinajstić information content (AvgIpc) is 3.39.